The van der Waals surface area contributed by atoms with Crippen LogP contribution in [-0.2, 0) is 4.74 Å². The zero-order chi connectivity index (χ0) is 22.4. The number of nitrogens with one attached hydrogen (secondary N) is 2. The fraction of sp³-hybridized carbons (Fsp3) is 0.333. The molecule has 10 heteroatoms. The van der Waals surface area contributed by atoms with Crippen LogP contribution in [0.15, 0.2) is 28.6 Å². The summed E-state index contributed by atoms with van der Waals surface area (Å²) < 4.78 is 11.3. The number of ketones is 1. The topological polar surface area (TPSA) is 106 Å². The first-order valence-electron chi connectivity index (χ1n) is 9.79. The van der Waals surface area contributed by atoms with Crippen LogP contribution < -0.4 is 10.1 Å². The lowest BCUT2D eigenvalue weighted by Gasteiger charge is -2.09. The van der Waals surface area contributed by atoms with Gasteiger partial charge >= 0.3 is 5.97 Å². The van der Waals surface area contributed by atoms with Crippen LogP contribution in [0.25, 0.3) is 0 Å². The Labute approximate surface area is 188 Å². The summed E-state index contributed by atoms with van der Waals surface area (Å²) in [6, 6.07) is 7.60. The second kappa shape index (κ2) is 10.5. The fourth-order valence-electron chi connectivity index (χ4n) is 3.02. The molecule has 0 radical (unpaired) electrons. The van der Waals surface area contributed by atoms with Crippen LogP contribution in [0.4, 0.5) is 10.8 Å². The molecule has 0 fully saturated rings. The number of benzene rings is 1. The molecule has 0 amide bonds. The Kier molecular flexibility index (Phi) is 7.69. The van der Waals surface area contributed by atoms with Gasteiger partial charge in [0, 0.05) is 5.69 Å². The number of esters is 1. The summed E-state index contributed by atoms with van der Waals surface area (Å²) in [6.07, 6.45) is 0. The molecule has 0 unspecified atom stereocenters. The van der Waals surface area contributed by atoms with Crippen molar-refractivity contribution >= 4 is 45.7 Å². The summed E-state index contributed by atoms with van der Waals surface area (Å²) in [5.41, 5.74) is 2.87. The zero-order valence-electron chi connectivity index (χ0n) is 17.8. The van der Waals surface area contributed by atoms with Gasteiger partial charge in [0.2, 0.25) is 5.13 Å². The highest BCUT2D eigenvalue weighted by molar-refractivity contribution is 8.01. The minimum Gasteiger partial charge on any atom is -0.492 e. The molecule has 0 aliphatic rings. The molecule has 0 saturated heterocycles. The molecular weight excluding hydrogens is 436 g/mol. The maximum atomic E-state index is 12.7. The molecule has 3 rings (SSSR count). The number of Topliss-reactive ketones (excluding diaryl/α,β-unsaturated/α-hetero) is 1. The van der Waals surface area contributed by atoms with Crippen LogP contribution in [-0.4, -0.2) is 45.9 Å². The van der Waals surface area contributed by atoms with E-state index in [2.05, 4.69) is 20.5 Å². The smallest absolute Gasteiger partial charge is 0.340 e. The van der Waals surface area contributed by atoms with Crippen molar-refractivity contribution in [2.24, 2.45) is 0 Å². The van der Waals surface area contributed by atoms with E-state index in [-0.39, 0.29) is 18.1 Å². The minimum atomic E-state index is -0.423. The van der Waals surface area contributed by atoms with Crippen LogP contribution in [0.2, 0.25) is 0 Å². The number of hydrogen-bond acceptors (Lipinski definition) is 9. The number of anilines is 2. The van der Waals surface area contributed by atoms with E-state index in [1.165, 1.54) is 23.1 Å². The molecule has 2 N–H and O–H groups in total. The number of para-hydroxylation sites is 2. The molecule has 0 aliphatic heterocycles. The number of aromatic nitrogens is 3. The van der Waals surface area contributed by atoms with Crippen LogP contribution >= 0.6 is 23.1 Å². The van der Waals surface area contributed by atoms with E-state index in [1.54, 1.807) is 20.8 Å². The normalized spacial score (nSPS) is 10.7. The molecule has 164 valence electrons. The van der Waals surface area contributed by atoms with Gasteiger partial charge in [-0.25, -0.2) is 4.79 Å². The van der Waals surface area contributed by atoms with Gasteiger partial charge in [-0.1, -0.05) is 35.2 Å². The molecule has 31 heavy (non-hydrogen) atoms. The predicted molar refractivity (Wildman–Crippen MR) is 122 cm³/mol. The highest BCUT2D eigenvalue weighted by atomic mass is 32.2. The highest BCUT2D eigenvalue weighted by Gasteiger charge is 2.23. The number of ether oxygens (including phenoxy) is 2. The van der Waals surface area contributed by atoms with Crippen LogP contribution in [0, 0.1) is 13.8 Å². The first kappa shape index (κ1) is 22.8. The Morgan fingerprint density at radius 3 is 2.68 bits per heavy atom. The van der Waals surface area contributed by atoms with E-state index in [0.29, 0.717) is 38.6 Å². The number of aryl methyl sites for hydroxylation is 1. The number of thioether (sulfide) groups is 1. The summed E-state index contributed by atoms with van der Waals surface area (Å²) in [5.74, 6) is 0.368. The third-order valence-electron chi connectivity index (χ3n) is 4.36. The molecule has 1 aromatic carbocycles. The SMILES string of the molecule is CCOC(=O)c1c(C)[nH]c(C(=O)CSc2nnc(Nc3ccccc3OCC)s2)c1C. The molecule has 3 aromatic rings. The summed E-state index contributed by atoms with van der Waals surface area (Å²) in [7, 11) is 0. The predicted octanol–water partition coefficient (Wildman–Crippen LogP) is 4.78. The number of H-pyrrole nitrogens is 1. The zero-order valence-corrected chi connectivity index (χ0v) is 19.4. The summed E-state index contributed by atoms with van der Waals surface area (Å²) >= 11 is 2.65. The lowest BCUT2D eigenvalue weighted by atomic mass is 10.1. The third kappa shape index (κ3) is 5.45. The first-order valence-corrected chi connectivity index (χ1v) is 11.6. The number of carbonyl (C=O) groups excluding carboxylic acids is 2. The maximum absolute atomic E-state index is 12.7. The van der Waals surface area contributed by atoms with E-state index in [0.717, 1.165) is 11.4 Å². The molecule has 0 saturated carbocycles. The van der Waals surface area contributed by atoms with Crippen molar-refractivity contribution in [2.45, 2.75) is 32.0 Å². The lowest BCUT2D eigenvalue weighted by molar-refractivity contribution is 0.0525. The monoisotopic (exact) mass is 460 g/mol. The van der Waals surface area contributed by atoms with Crippen LogP contribution in [0.1, 0.15) is 46.0 Å². The molecule has 8 nitrogen and oxygen atoms in total. The fourth-order valence-corrected chi connectivity index (χ4v) is 4.66. The Morgan fingerprint density at radius 2 is 1.94 bits per heavy atom. The van der Waals surface area contributed by atoms with Gasteiger partial charge < -0.3 is 19.8 Å². The van der Waals surface area contributed by atoms with Gasteiger partial charge in [0.15, 0.2) is 10.1 Å². The largest absolute Gasteiger partial charge is 0.492 e. The minimum absolute atomic E-state index is 0.118. The number of rotatable bonds is 10. The van der Waals surface area contributed by atoms with Crippen LogP contribution in [0.3, 0.4) is 0 Å². The number of aromatic amines is 1. The van der Waals surface area contributed by atoms with Crippen molar-refractivity contribution in [1.82, 2.24) is 15.2 Å². The van der Waals surface area contributed by atoms with E-state index < -0.39 is 5.97 Å². The van der Waals surface area contributed by atoms with E-state index in [9.17, 15) is 9.59 Å². The average Bonchev–Trinajstić information content (AvgIpc) is 3.31. The van der Waals surface area contributed by atoms with E-state index in [4.69, 9.17) is 9.47 Å². The molecule has 0 atom stereocenters. The maximum Gasteiger partial charge on any atom is 0.340 e. The first-order chi connectivity index (χ1) is 14.9. The van der Waals surface area contributed by atoms with Crippen molar-refractivity contribution in [1.29, 1.82) is 0 Å². The highest BCUT2D eigenvalue weighted by Crippen LogP contribution is 2.32. The van der Waals surface area contributed by atoms with Crippen molar-refractivity contribution in [3.8, 4) is 5.75 Å². The lowest BCUT2D eigenvalue weighted by Crippen LogP contribution is -2.08. The van der Waals surface area contributed by atoms with Gasteiger partial charge in [-0.15, -0.1) is 10.2 Å². The molecule has 0 bridgehead atoms. The summed E-state index contributed by atoms with van der Waals surface area (Å²) in [5, 5.41) is 12.1. The third-order valence-corrected chi connectivity index (χ3v) is 6.33. The van der Waals surface area contributed by atoms with Gasteiger partial charge in [-0.05, 0) is 45.4 Å². The van der Waals surface area contributed by atoms with Crippen molar-refractivity contribution in [3.63, 3.8) is 0 Å². The van der Waals surface area contributed by atoms with Gasteiger partial charge in [-0.3, -0.25) is 4.79 Å². The summed E-state index contributed by atoms with van der Waals surface area (Å²) in [6.45, 7) is 8.02. The van der Waals surface area contributed by atoms with Crippen LogP contribution in [0.5, 0.6) is 5.75 Å². The molecule has 2 aromatic heterocycles. The van der Waals surface area contributed by atoms with Crippen molar-refractivity contribution in [3.05, 3.63) is 46.8 Å². The molecule has 0 spiro atoms. The van der Waals surface area contributed by atoms with Crippen molar-refractivity contribution < 1.29 is 19.1 Å². The number of carbonyl (C=O) groups is 2. The van der Waals surface area contributed by atoms with Crippen molar-refractivity contribution in [2.75, 3.05) is 24.3 Å². The molecule has 0 aliphatic carbocycles. The molecular formula is C21H24N4O4S2. The molecule has 2 heterocycles. The van der Waals surface area contributed by atoms with Gasteiger partial charge in [0.1, 0.15) is 5.75 Å². The Hall–Kier alpha value is -2.85. The summed E-state index contributed by atoms with van der Waals surface area (Å²) in [4.78, 5) is 27.9. The van der Waals surface area contributed by atoms with E-state index in [1.807, 2.05) is 31.2 Å². The second-order valence-electron chi connectivity index (χ2n) is 6.48. The number of hydrogen-bond donors (Lipinski definition) is 2. The number of nitrogens with zero attached hydrogens (tertiary/aromatic N) is 2. The average molecular weight is 461 g/mol. The van der Waals surface area contributed by atoms with E-state index >= 15 is 0 Å². The Bertz CT molecular complexity index is 1080. The van der Waals surface area contributed by atoms with Gasteiger partial charge in [0.05, 0.1) is 35.9 Å². The second-order valence-corrected chi connectivity index (χ2v) is 8.68. The quantitative estimate of drug-likeness (QED) is 0.253. The van der Waals surface area contributed by atoms with Gasteiger partial charge in [0.25, 0.3) is 0 Å². The Balaban J connectivity index is 1.64. The standard InChI is InChI=1S/C21H24N4O4S2/c1-5-28-16-10-8-7-9-14(16)23-20-24-25-21(31-20)30-11-15(26)18-12(3)17(13(4)22-18)19(27)29-6-2/h7-10,22H,5-6,11H2,1-4H3,(H,23,24). The van der Waals surface area contributed by atoms with Gasteiger partial charge in [-0.2, -0.15) is 0 Å². The Morgan fingerprint density at radius 1 is 1.16 bits per heavy atom.